The smallest absolute Gasteiger partial charge is 0.305 e. The zero-order valence-corrected chi connectivity index (χ0v) is 10.2. The third-order valence-electron chi connectivity index (χ3n) is 2.03. The van der Waals surface area contributed by atoms with Crippen molar-refractivity contribution >= 4 is 11.6 Å². The lowest BCUT2D eigenvalue weighted by Crippen LogP contribution is -2.10. The fourth-order valence-electron chi connectivity index (χ4n) is 1.13. The third kappa shape index (κ3) is 5.51. The predicted molar refractivity (Wildman–Crippen MR) is 64.5 cm³/mol. The quantitative estimate of drug-likeness (QED) is 0.397. The predicted octanol–water partition coefficient (Wildman–Crippen LogP) is 0.850. The molecule has 0 saturated carbocycles. The maximum Gasteiger partial charge on any atom is 0.305 e. The highest BCUT2D eigenvalue weighted by Gasteiger charge is 2.05. The maximum atomic E-state index is 10.4. The Bertz CT molecular complexity index is 357. The van der Waals surface area contributed by atoms with Crippen molar-refractivity contribution in [1.29, 1.82) is 0 Å². The Hall–Kier alpha value is -1.80. The Kier molecular flexibility index (Phi) is 6.59. The molecule has 0 aliphatic rings. The second kappa shape index (κ2) is 8.31. The van der Waals surface area contributed by atoms with Gasteiger partial charge < -0.3 is 14.8 Å². The number of methoxy groups -OCH3 is 1. The molecule has 0 aliphatic carbocycles. The average Bonchev–Trinajstić information content (AvgIpc) is 2.38. The van der Waals surface area contributed by atoms with Crippen LogP contribution in [-0.2, 0) is 9.47 Å². The summed E-state index contributed by atoms with van der Waals surface area (Å²) in [5.74, 6) is 0.373. The summed E-state index contributed by atoms with van der Waals surface area (Å²) in [5, 5.41) is 13.3. The van der Waals surface area contributed by atoms with E-state index < -0.39 is 4.92 Å². The van der Waals surface area contributed by atoms with E-state index in [9.17, 15) is 10.1 Å². The van der Waals surface area contributed by atoms with Gasteiger partial charge in [-0.2, -0.15) is 0 Å². The Morgan fingerprint density at radius 3 is 2.67 bits per heavy atom. The summed E-state index contributed by atoms with van der Waals surface area (Å²) < 4.78 is 10.1. The highest BCUT2D eigenvalue weighted by Crippen LogP contribution is 2.07. The lowest BCUT2D eigenvalue weighted by atomic mass is 10.4. The van der Waals surface area contributed by atoms with Crippen LogP contribution in [0, 0.1) is 10.1 Å². The summed E-state index contributed by atoms with van der Waals surface area (Å²) in [5.41, 5.74) is -0.122. The van der Waals surface area contributed by atoms with Crippen molar-refractivity contribution in [2.45, 2.75) is 6.42 Å². The molecule has 1 rings (SSSR count). The SMILES string of the molecule is COCCOCCCNc1ncc([N+](=O)[O-])cn1. The second-order valence-electron chi connectivity index (χ2n) is 3.41. The minimum absolute atomic E-state index is 0.122. The summed E-state index contributed by atoms with van der Waals surface area (Å²) in [6.45, 7) is 2.41. The van der Waals surface area contributed by atoms with Crippen LogP contribution in [0.1, 0.15) is 6.42 Å². The number of anilines is 1. The lowest BCUT2D eigenvalue weighted by Gasteiger charge is -2.05. The molecular formula is C10H16N4O4. The van der Waals surface area contributed by atoms with E-state index in [1.807, 2.05) is 0 Å². The molecule has 1 aromatic rings. The molecule has 0 atom stereocenters. The van der Waals surface area contributed by atoms with Crippen LogP contribution in [0.4, 0.5) is 11.6 Å². The molecule has 100 valence electrons. The van der Waals surface area contributed by atoms with Crippen molar-refractivity contribution in [2.75, 3.05) is 38.8 Å². The van der Waals surface area contributed by atoms with Gasteiger partial charge in [0.25, 0.3) is 0 Å². The van der Waals surface area contributed by atoms with Crippen LogP contribution < -0.4 is 5.32 Å². The zero-order chi connectivity index (χ0) is 13.2. The van der Waals surface area contributed by atoms with E-state index >= 15 is 0 Å². The Balaban J connectivity index is 2.14. The molecule has 0 bridgehead atoms. The van der Waals surface area contributed by atoms with Gasteiger partial charge in [-0.15, -0.1) is 0 Å². The summed E-state index contributed by atoms with van der Waals surface area (Å²) >= 11 is 0. The Morgan fingerprint density at radius 2 is 2.06 bits per heavy atom. The summed E-state index contributed by atoms with van der Waals surface area (Å²) in [4.78, 5) is 17.5. The van der Waals surface area contributed by atoms with E-state index in [1.165, 1.54) is 12.4 Å². The topological polar surface area (TPSA) is 99.4 Å². The summed E-state index contributed by atoms with van der Waals surface area (Å²) in [6, 6.07) is 0. The number of ether oxygens (including phenoxy) is 2. The minimum Gasteiger partial charge on any atom is -0.382 e. The van der Waals surface area contributed by atoms with Crippen LogP contribution in [0.5, 0.6) is 0 Å². The molecule has 0 radical (unpaired) electrons. The van der Waals surface area contributed by atoms with Gasteiger partial charge in [0.2, 0.25) is 5.95 Å². The molecule has 1 aromatic heterocycles. The molecule has 0 saturated heterocycles. The van der Waals surface area contributed by atoms with Gasteiger partial charge in [0.05, 0.1) is 18.1 Å². The standard InChI is InChI=1S/C10H16N4O4/c1-17-5-6-18-4-2-3-11-10-12-7-9(8-13-10)14(15)16/h7-8H,2-6H2,1H3,(H,11,12,13). The van der Waals surface area contributed by atoms with Crippen LogP contribution >= 0.6 is 0 Å². The molecule has 0 amide bonds. The highest BCUT2D eigenvalue weighted by atomic mass is 16.6. The molecule has 8 heteroatoms. The van der Waals surface area contributed by atoms with Gasteiger partial charge in [0.15, 0.2) is 0 Å². The number of nitrogens with one attached hydrogen (secondary N) is 1. The van der Waals surface area contributed by atoms with Crippen molar-refractivity contribution in [3.05, 3.63) is 22.5 Å². The number of hydrogen-bond acceptors (Lipinski definition) is 7. The van der Waals surface area contributed by atoms with E-state index in [-0.39, 0.29) is 5.69 Å². The molecule has 0 aromatic carbocycles. The van der Waals surface area contributed by atoms with E-state index in [0.717, 1.165) is 6.42 Å². The Morgan fingerprint density at radius 1 is 1.33 bits per heavy atom. The van der Waals surface area contributed by atoms with Gasteiger partial charge in [0, 0.05) is 20.3 Å². The van der Waals surface area contributed by atoms with Crippen LogP contribution in [-0.4, -0.2) is 48.4 Å². The largest absolute Gasteiger partial charge is 0.382 e. The maximum absolute atomic E-state index is 10.4. The van der Waals surface area contributed by atoms with Crippen molar-refractivity contribution in [1.82, 2.24) is 9.97 Å². The van der Waals surface area contributed by atoms with Crippen molar-refractivity contribution in [3.8, 4) is 0 Å². The molecular weight excluding hydrogens is 240 g/mol. The first-order valence-electron chi connectivity index (χ1n) is 5.51. The van der Waals surface area contributed by atoms with Gasteiger partial charge in [0.1, 0.15) is 12.4 Å². The number of aromatic nitrogens is 2. The van der Waals surface area contributed by atoms with E-state index in [2.05, 4.69) is 15.3 Å². The van der Waals surface area contributed by atoms with E-state index in [4.69, 9.17) is 9.47 Å². The first-order chi connectivity index (χ1) is 8.74. The molecule has 1 heterocycles. The molecule has 0 fully saturated rings. The van der Waals surface area contributed by atoms with Crippen LogP contribution in [0.3, 0.4) is 0 Å². The van der Waals surface area contributed by atoms with Gasteiger partial charge in [-0.1, -0.05) is 0 Å². The van der Waals surface area contributed by atoms with Crippen molar-refractivity contribution < 1.29 is 14.4 Å². The average molecular weight is 256 g/mol. The van der Waals surface area contributed by atoms with Crippen LogP contribution in [0.2, 0.25) is 0 Å². The monoisotopic (exact) mass is 256 g/mol. The molecule has 0 aliphatic heterocycles. The molecule has 1 N–H and O–H groups in total. The second-order valence-corrected chi connectivity index (χ2v) is 3.41. The van der Waals surface area contributed by atoms with E-state index in [0.29, 0.717) is 32.3 Å². The Labute approximate surface area is 104 Å². The first kappa shape index (κ1) is 14.3. The van der Waals surface area contributed by atoms with Crippen LogP contribution in [0.25, 0.3) is 0 Å². The molecule has 0 unspecified atom stereocenters. The van der Waals surface area contributed by atoms with Gasteiger partial charge in [-0.3, -0.25) is 10.1 Å². The number of nitrogens with zero attached hydrogens (tertiary/aromatic N) is 3. The number of rotatable bonds is 9. The summed E-state index contributed by atoms with van der Waals surface area (Å²) in [7, 11) is 1.62. The van der Waals surface area contributed by atoms with Crippen molar-refractivity contribution in [3.63, 3.8) is 0 Å². The highest BCUT2D eigenvalue weighted by molar-refractivity contribution is 5.30. The van der Waals surface area contributed by atoms with Crippen LogP contribution in [0.15, 0.2) is 12.4 Å². The normalized spacial score (nSPS) is 10.3. The summed E-state index contributed by atoms with van der Waals surface area (Å²) in [6.07, 6.45) is 3.14. The zero-order valence-electron chi connectivity index (χ0n) is 10.2. The van der Waals surface area contributed by atoms with E-state index in [1.54, 1.807) is 7.11 Å². The minimum atomic E-state index is -0.534. The molecule has 18 heavy (non-hydrogen) atoms. The molecule has 8 nitrogen and oxygen atoms in total. The van der Waals surface area contributed by atoms with Gasteiger partial charge >= 0.3 is 5.69 Å². The lowest BCUT2D eigenvalue weighted by molar-refractivity contribution is -0.385. The first-order valence-corrected chi connectivity index (χ1v) is 5.51. The molecule has 0 spiro atoms. The van der Waals surface area contributed by atoms with Gasteiger partial charge in [-0.05, 0) is 6.42 Å². The fraction of sp³-hybridized carbons (Fsp3) is 0.600. The fourth-order valence-corrected chi connectivity index (χ4v) is 1.13. The third-order valence-corrected chi connectivity index (χ3v) is 2.03. The van der Waals surface area contributed by atoms with Crippen molar-refractivity contribution in [2.24, 2.45) is 0 Å². The van der Waals surface area contributed by atoms with Gasteiger partial charge in [-0.25, -0.2) is 9.97 Å². The number of hydrogen-bond donors (Lipinski definition) is 1. The number of nitro groups is 1.